The topological polar surface area (TPSA) is 71.3 Å². The van der Waals surface area contributed by atoms with Gasteiger partial charge in [0.05, 0.1) is 11.1 Å². The SMILES string of the molecule is CCc1sc(C(=O)NCCNC(=O)c2ccco2)cc1C. The van der Waals surface area contributed by atoms with Gasteiger partial charge in [-0.05, 0) is 37.1 Å². The smallest absolute Gasteiger partial charge is 0.287 e. The zero-order valence-corrected chi connectivity index (χ0v) is 12.9. The van der Waals surface area contributed by atoms with E-state index >= 15 is 0 Å². The molecule has 0 fully saturated rings. The van der Waals surface area contributed by atoms with Crippen LogP contribution in [0, 0.1) is 6.92 Å². The molecule has 0 bridgehead atoms. The van der Waals surface area contributed by atoms with Crippen molar-refractivity contribution in [2.45, 2.75) is 20.3 Å². The van der Waals surface area contributed by atoms with E-state index < -0.39 is 0 Å². The molecule has 5 nitrogen and oxygen atoms in total. The van der Waals surface area contributed by atoms with Crippen LogP contribution in [0.4, 0.5) is 0 Å². The molecule has 0 atom stereocenters. The normalized spacial score (nSPS) is 10.4. The third kappa shape index (κ3) is 3.95. The second kappa shape index (κ2) is 7.08. The maximum absolute atomic E-state index is 12.0. The number of nitrogens with one attached hydrogen (secondary N) is 2. The first-order chi connectivity index (χ1) is 10.1. The van der Waals surface area contributed by atoms with Crippen LogP contribution >= 0.6 is 11.3 Å². The van der Waals surface area contributed by atoms with Crippen LogP contribution in [0.15, 0.2) is 28.9 Å². The van der Waals surface area contributed by atoms with Crippen molar-refractivity contribution in [1.29, 1.82) is 0 Å². The summed E-state index contributed by atoms with van der Waals surface area (Å²) < 4.78 is 4.97. The number of rotatable bonds is 6. The van der Waals surface area contributed by atoms with E-state index in [-0.39, 0.29) is 17.6 Å². The highest BCUT2D eigenvalue weighted by atomic mass is 32.1. The number of thiophene rings is 1. The van der Waals surface area contributed by atoms with Crippen LogP contribution < -0.4 is 10.6 Å². The Morgan fingerprint density at radius 3 is 2.52 bits per heavy atom. The van der Waals surface area contributed by atoms with Gasteiger partial charge in [0.1, 0.15) is 0 Å². The summed E-state index contributed by atoms with van der Waals surface area (Å²) >= 11 is 1.52. The summed E-state index contributed by atoms with van der Waals surface area (Å²) in [7, 11) is 0. The predicted molar refractivity (Wildman–Crippen MR) is 81.8 cm³/mol. The number of hydrogen-bond acceptors (Lipinski definition) is 4. The summed E-state index contributed by atoms with van der Waals surface area (Å²) in [5.74, 6) is -0.118. The molecule has 6 heteroatoms. The molecule has 112 valence electrons. The number of amides is 2. The second-order valence-electron chi connectivity index (χ2n) is 4.56. The fourth-order valence-electron chi connectivity index (χ4n) is 1.92. The average molecular weight is 306 g/mol. The molecule has 0 aliphatic rings. The highest BCUT2D eigenvalue weighted by molar-refractivity contribution is 7.14. The van der Waals surface area contributed by atoms with Crippen molar-refractivity contribution in [3.63, 3.8) is 0 Å². The molecule has 2 amide bonds. The lowest BCUT2D eigenvalue weighted by Gasteiger charge is -2.04. The van der Waals surface area contributed by atoms with Crippen molar-refractivity contribution in [3.05, 3.63) is 45.5 Å². The second-order valence-corrected chi connectivity index (χ2v) is 5.70. The van der Waals surface area contributed by atoms with Crippen LogP contribution in [0.3, 0.4) is 0 Å². The largest absolute Gasteiger partial charge is 0.459 e. The summed E-state index contributed by atoms with van der Waals surface area (Å²) in [4.78, 5) is 25.5. The molecule has 0 unspecified atom stereocenters. The summed E-state index contributed by atoms with van der Waals surface area (Å²) in [6.45, 7) is 4.82. The van der Waals surface area contributed by atoms with Gasteiger partial charge in [0.2, 0.25) is 0 Å². The number of aryl methyl sites for hydroxylation is 2. The lowest BCUT2D eigenvalue weighted by molar-refractivity contribution is 0.0911. The minimum Gasteiger partial charge on any atom is -0.459 e. The number of carbonyl (C=O) groups is 2. The Kier molecular flexibility index (Phi) is 5.16. The zero-order valence-electron chi connectivity index (χ0n) is 12.1. The molecule has 0 aliphatic carbocycles. The van der Waals surface area contributed by atoms with Crippen LogP contribution in [0.5, 0.6) is 0 Å². The molecule has 0 spiro atoms. The van der Waals surface area contributed by atoms with Crippen molar-refractivity contribution >= 4 is 23.2 Å². The molecule has 0 aliphatic heterocycles. The molecule has 2 aromatic rings. The van der Waals surface area contributed by atoms with Gasteiger partial charge in [0, 0.05) is 18.0 Å². The Hall–Kier alpha value is -2.08. The maximum Gasteiger partial charge on any atom is 0.287 e. The van der Waals surface area contributed by atoms with Crippen molar-refractivity contribution in [3.8, 4) is 0 Å². The Morgan fingerprint density at radius 2 is 1.95 bits per heavy atom. The van der Waals surface area contributed by atoms with E-state index in [0.717, 1.165) is 12.0 Å². The van der Waals surface area contributed by atoms with Gasteiger partial charge < -0.3 is 15.1 Å². The van der Waals surface area contributed by atoms with Crippen LogP contribution in [0.2, 0.25) is 0 Å². The number of hydrogen-bond donors (Lipinski definition) is 2. The van der Waals surface area contributed by atoms with E-state index in [1.807, 2.05) is 13.0 Å². The van der Waals surface area contributed by atoms with Gasteiger partial charge in [0.25, 0.3) is 11.8 Å². The minimum atomic E-state index is -0.283. The first-order valence-electron chi connectivity index (χ1n) is 6.81. The quantitative estimate of drug-likeness (QED) is 0.805. The van der Waals surface area contributed by atoms with E-state index in [1.165, 1.54) is 22.5 Å². The van der Waals surface area contributed by atoms with E-state index in [9.17, 15) is 9.59 Å². The Labute approximate surface area is 127 Å². The van der Waals surface area contributed by atoms with Gasteiger partial charge in [-0.15, -0.1) is 11.3 Å². The van der Waals surface area contributed by atoms with Gasteiger partial charge in [-0.25, -0.2) is 0 Å². The molecule has 0 aromatic carbocycles. The lowest BCUT2D eigenvalue weighted by atomic mass is 10.2. The summed E-state index contributed by atoms with van der Waals surface area (Å²) in [6.07, 6.45) is 2.38. The highest BCUT2D eigenvalue weighted by Crippen LogP contribution is 2.22. The van der Waals surface area contributed by atoms with Crippen molar-refractivity contribution in [2.75, 3.05) is 13.1 Å². The number of furan rings is 1. The monoisotopic (exact) mass is 306 g/mol. The van der Waals surface area contributed by atoms with Crippen LogP contribution in [-0.2, 0) is 6.42 Å². The Balaban J connectivity index is 1.75. The molecular formula is C15H18N2O3S. The lowest BCUT2D eigenvalue weighted by Crippen LogP contribution is -2.34. The first-order valence-corrected chi connectivity index (χ1v) is 7.62. The van der Waals surface area contributed by atoms with Gasteiger partial charge in [-0.2, -0.15) is 0 Å². The maximum atomic E-state index is 12.0. The van der Waals surface area contributed by atoms with Crippen LogP contribution in [0.25, 0.3) is 0 Å². The molecule has 21 heavy (non-hydrogen) atoms. The third-order valence-electron chi connectivity index (χ3n) is 3.01. The summed E-state index contributed by atoms with van der Waals surface area (Å²) in [5, 5.41) is 5.47. The van der Waals surface area contributed by atoms with Gasteiger partial charge >= 0.3 is 0 Å². The molecule has 0 saturated heterocycles. The van der Waals surface area contributed by atoms with Gasteiger partial charge in [-0.3, -0.25) is 9.59 Å². The van der Waals surface area contributed by atoms with E-state index in [0.29, 0.717) is 18.0 Å². The standard InChI is InChI=1S/C15H18N2O3S/c1-3-12-10(2)9-13(21-12)15(19)17-7-6-16-14(18)11-5-4-8-20-11/h4-5,8-9H,3,6-7H2,1-2H3,(H,16,18)(H,17,19). The van der Waals surface area contributed by atoms with Gasteiger partial charge in [0.15, 0.2) is 5.76 Å². The van der Waals surface area contributed by atoms with E-state index in [4.69, 9.17) is 4.42 Å². The number of carbonyl (C=O) groups excluding carboxylic acids is 2. The minimum absolute atomic E-state index is 0.102. The van der Waals surface area contributed by atoms with Crippen molar-refractivity contribution in [2.24, 2.45) is 0 Å². The molecular weight excluding hydrogens is 288 g/mol. The Morgan fingerprint density at radius 1 is 1.24 bits per heavy atom. The fraction of sp³-hybridized carbons (Fsp3) is 0.333. The fourth-order valence-corrected chi connectivity index (χ4v) is 2.95. The van der Waals surface area contributed by atoms with E-state index in [2.05, 4.69) is 17.6 Å². The Bertz CT molecular complexity index is 617. The molecule has 2 heterocycles. The van der Waals surface area contributed by atoms with Crippen LogP contribution in [-0.4, -0.2) is 24.9 Å². The average Bonchev–Trinajstić information content (AvgIpc) is 3.12. The summed E-state index contributed by atoms with van der Waals surface area (Å²) in [5.41, 5.74) is 1.15. The first kappa shape index (κ1) is 15.3. The predicted octanol–water partition coefficient (Wildman–Crippen LogP) is 2.37. The summed E-state index contributed by atoms with van der Waals surface area (Å²) in [6, 6.07) is 5.15. The molecule has 0 saturated carbocycles. The van der Waals surface area contributed by atoms with Gasteiger partial charge in [-0.1, -0.05) is 6.92 Å². The van der Waals surface area contributed by atoms with E-state index in [1.54, 1.807) is 12.1 Å². The third-order valence-corrected chi connectivity index (χ3v) is 4.39. The molecule has 2 rings (SSSR count). The highest BCUT2D eigenvalue weighted by Gasteiger charge is 2.11. The van der Waals surface area contributed by atoms with Crippen molar-refractivity contribution in [1.82, 2.24) is 10.6 Å². The molecule has 2 N–H and O–H groups in total. The molecule has 0 radical (unpaired) electrons. The van der Waals surface area contributed by atoms with Crippen molar-refractivity contribution < 1.29 is 14.0 Å². The van der Waals surface area contributed by atoms with Crippen LogP contribution in [0.1, 0.15) is 37.6 Å². The zero-order chi connectivity index (χ0) is 15.2. The molecule has 2 aromatic heterocycles.